The highest BCUT2D eigenvalue weighted by Crippen LogP contribution is 2.38. The highest BCUT2D eigenvalue weighted by Gasteiger charge is 2.25. The minimum atomic E-state index is -0.462. The molecule has 174 valence electrons. The number of methoxy groups -OCH3 is 1. The fraction of sp³-hybridized carbons (Fsp3) is 0.296. The quantitative estimate of drug-likeness (QED) is 0.389. The first-order valence-corrected chi connectivity index (χ1v) is 11.8. The average Bonchev–Trinajstić information content (AvgIpc) is 3.46. The zero-order valence-electron chi connectivity index (χ0n) is 19.2. The van der Waals surface area contributed by atoms with Gasteiger partial charge in [0.25, 0.3) is 0 Å². The van der Waals surface area contributed by atoms with Gasteiger partial charge in [-0.15, -0.1) is 0 Å². The summed E-state index contributed by atoms with van der Waals surface area (Å²) in [5.41, 5.74) is 7.40. The van der Waals surface area contributed by atoms with Crippen molar-refractivity contribution >= 4 is 28.0 Å². The predicted molar refractivity (Wildman–Crippen MR) is 134 cm³/mol. The van der Waals surface area contributed by atoms with Crippen LogP contribution < -0.4 is 19.7 Å². The topological polar surface area (TPSA) is 82.6 Å². The molecule has 7 nitrogen and oxygen atoms in total. The first kappa shape index (κ1) is 20.9. The van der Waals surface area contributed by atoms with Gasteiger partial charge in [-0.05, 0) is 60.7 Å². The number of aromatic nitrogens is 2. The second kappa shape index (κ2) is 8.57. The molecule has 1 unspecified atom stereocenters. The highest BCUT2D eigenvalue weighted by atomic mass is 16.5. The normalized spacial score (nSPS) is 16.8. The summed E-state index contributed by atoms with van der Waals surface area (Å²) < 4.78 is 11.4. The van der Waals surface area contributed by atoms with E-state index in [0.717, 1.165) is 77.7 Å². The number of H-pyrrole nitrogens is 1. The summed E-state index contributed by atoms with van der Waals surface area (Å²) in [7, 11) is 1.69. The van der Waals surface area contributed by atoms with Gasteiger partial charge in [0.05, 0.1) is 31.1 Å². The average molecular weight is 457 g/mol. The van der Waals surface area contributed by atoms with Crippen LogP contribution in [0.25, 0.3) is 10.9 Å². The van der Waals surface area contributed by atoms with Gasteiger partial charge < -0.3 is 29.8 Å². The maximum absolute atomic E-state index is 10.1. The van der Waals surface area contributed by atoms with E-state index in [1.807, 2.05) is 18.2 Å². The molecule has 3 N–H and O–H groups in total. The number of nitrogens with one attached hydrogen (secondary N) is 2. The molecule has 0 spiro atoms. The minimum absolute atomic E-state index is 0.462. The van der Waals surface area contributed by atoms with Crippen molar-refractivity contribution < 1.29 is 14.6 Å². The second-order valence-electron chi connectivity index (χ2n) is 8.90. The highest BCUT2D eigenvalue weighted by molar-refractivity contribution is 5.84. The van der Waals surface area contributed by atoms with Crippen LogP contribution in [0.15, 0.2) is 54.9 Å². The third-order valence-electron chi connectivity index (χ3n) is 6.90. The molecule has 1 atom stereocenters. The van der Waals surface area contributed by atoms with Gasteiger partial charge in [0, 0.05) is 53.3 Å². The Hall–Kier alpha value is -3.71. The van der Waals surface area contributed by atoms with Crippen LogP contribution in [0.5, 0.6) is 11.5 Å². The van der Waals surface area contributed by atoms with Gasteiger partial charge in [-0.1, -0.05) is 0 Å². The summed E-state index contributed by atoms with van der Waals surface area (Å²) >= 11 is 0. The number of aliphatic hydroxyl groups excluding tert-OH is 1. The van der Waals surface area contributed by atoms with E-state index in [0.29, 0.717) is 6.61 Å². The van der Waals surface area contributed by atoms with Crippen molar-refractivity contribution in [1.29, 1.82) is 0 Å². The van der Waals surface area contributed by atoms with Gasteiger partial charge in [-0.3, -0.25) is 4.98 Å². The Morgan fingerprint density at radius 3 is 3.09 bits per heavy atom. The van der Waals surface area contributed by atoms with E-state index >= 15 is 0 Å². The number of hydrogen-bond acceptors (Lipinski definition) is 6. The number of ether oxygens (including phenoxy) is 2. The van der Waals surface area contributed by atoms with Crippen LogP contribution in [0.1, 0.15) is 29.3 Å². The number of aliphatic hydroxyl groups is 1. The molecule has 34 heavy (non-hydrogen) atoms. The summed E-state index contributed by atoms with van der Waals surface area (Å²) in [6.45, 7) is 2.45. The monoisotopic (exact) mass is 456 g/mol. The molecular weight excluding hydrogens is 428 g/mol. The first-order valence-electron chi connectivity index (χ1n) is 11.8. The molecule has 2 aliphatic rings. The Morgan fingerprint density at radius 2 is 2.18 bits per heavy atom. The van der Waals surface area contributed by atoms with Crippen LogP contribution in [0.4, 0.5) is 17.1 Å². The van der Waals surface area contributed by atoms with Crippen LogP contribution >= 0.6 is 0 Å². The number of rotatable bonds is 6. The van der Waals surface area contributed by atoms with Crippen LogP contribution in [-0.4, -0.2) is 41.9 Å². The molecule has 1 aliphatic heterocycles. The van der Waals surface area contributed by atoms with E-state index in [2.05, 4.69) is 50.6 Å². The molecule has 4 aromatic rings. The maximum atomic E-state index is 10.1. The zero-order valence-corrected chi connectivity index (χ0v) is 19.2. The summed E-state index contributed by atoms with van der Waals surface area (Å²) in [5, 5.41) is 14.9. The molecule has 2 aromatic carbocycles. The Kier molecular flexibility index (Phi) is 5.26. The summed E-state index contributed by atoms with van der Waals surface area (Å²) in [4.78, 5) is 10.1. The van der Waals surface area contributed by atoms with Crippen LogP contribution in [0, 0.1) is 0 Å². The molecule has 3 heterocycles. The Bertz CT molecular complexity index is 1350. The fourth-order valence-corrected chi connectivity index (χ4v) is 5.09. The van der Waals surface area contributed by atoms with Crippen molar-refractivity contribution in [2.75, 3.05) is 37.0 Å². The number of hydrogen-bond donors (Lipinski definition) is 3. The summed E-state index contributed by atoms with van der Waals surface area (Å²) in [6, 6.07) is 14.4. The number of pyridine rings is 1. The van der Waals surface area contributed by atoms with Gasteiger partial charge >= 0.3 is 0 Å². The lowest BCUT2D eigenvalue weighted by Crippen LogP contribution is -2.34. The lowest BCUT2D eigenvalue weighted by Gasteiger charge is -2.31. The maximum Gasteiger partial charge on any atom is 0.144 e. The molecule has 7 heteroatoms. The molecule has 1 aliphatic carbocycles. The van der Waals surface area contributed by atoms with Crippen LogP contribution in [0.3, 0.4) is 0 Å². The van der Waals surface area contributed by atoms with Crippen molar-refractivity contribution in [2.24, 2.45) is 0 Å². The van der Waals surface area contributed by atoms with Crippen molar-refractivity contribution in [3.63, 3.8) is 0 Å². The van der Waals surface area contributed by atoms with E-state index in [1.54, 1.807) is 13.3 Å². The Balaban J connectivity index is 1.19. The van der Waals surface area contributed by atoms with E-state index < -0.39 is 6.10 Å². The van der Waals surface area contributed by atoms with E-state index in [4.69, 9.17) is 9.47 Å². The van der Waals surface area contributed by atoms with Gasteiger partial charge in [-0.2, -0.15) is 0 Å². The van der Waals surface area contributed by atoms with Crippen LogP contribution in [-0.2, 0) is 12.8 Å². The lowest BCUT2D eigenvalue weighted by atomic mass is 10.1. The largest absolute Gasteiger partial charge is 0.497 e. The molecule has 0 fully saturated rings. The number of aromatic amines is 1. The Labute approximate surface area is 198 Å². The second-order valence-corrected chi connectivity index (χ2v) is 8.90. The van der Waals surface area contributed by atoms with Crippen LogP contribution in [0.2, 0.25) is 0 Å². The van der Waals surface area contributed by atoms with Gasteiger partial charge in [0.2, 0.25) is 0 Å². The standard InChI is InChI=1S/C27H28N4O3/c1-33-19-3-4-20-17(16-29-23(20)15-19)9-11-31-12-13-34-26-14-18(2-6-24(26)31)30-22-8-10-28-27-21(22)5-7-25(27)32/h2-4,6,8,10,14-16,25,29,32H,5,7,9,11-13H2,1H3,(H,28,30). The lowest BCUT2D eigenvalue weighted by molar-refractivity contribution is 0.176. The van der Waals surface area contributed by atoms with E-state index in [1.165, 1.54) is 10.9 Å². The van der Waals surface area contributed by atoms with Gasteiger partial charge in [-0.25, -0.2) is 0 Å². The first-order chi connectivity index (χ1) is 16.7. The molecule has 0 amide bonds. The molecule has 0 bridgehead atoms. The van der Waals surface area contributed by atoms with E-state index in [9.17, 15) is 5.11 Å². The van der Waals surface area contributed by atoms with Gasteiger partial charge in [0.1, 0.15) is 18.1 Å². The zero-order chi connectivity index (χ0) is 23.1. The number of anilines is 3. The molecule has 6 rings (SSSR count). The van der Waals surface area contributed by atoms with Gasteiger partial charge in [0.15, 0.2) is 0 Å². The van der Waals surface area contributed by atoms with E-state index in [-0.39, 0.29) is 0 Å². The van der Waals surface area contributed by atoms with Crippen molar-refractivity contribution in [1.82, 2.24) is 9.97 Å². The van der Waals surface area contributed by atoms with Crippen molar-refractivity contribution in [2.45, 2.75) is 25.4 Å². The fourth-order valence-electron chi connectivity index (χ4n) is 5.09. The SMILES string of the molecule is COc1ccc2c(CCN3CCOc4cc(Nc5ccnc6c5CCC6O)ccc43)c[nH]c2c1. The summed E-state index contributed by atoms with van der Waals surface area (Å²) in [5.74, 6) is 1.76. The Morgan fingerprint density at radius 1 is 1.24 bits per heavy atom. The molecule has 0 saturated carbocycles. The number of fused-ring (bicyclic) bond motifs is 3. The predicted octanol–water partition coefficient (Wildman–Crippen LogP) is 4.74. The smallest absolute Gasteiger partial charge is 0.144 e. The number of nitrogens with zero attached hydrogens (tertiary/aromatic N) is 2. The molecule has 2 aromatic heterocycles. The molecule has 0 saturated heterocycles. The molecular formula is C27H28N4O3. The summed E-state index contributed by atoms with van der Waals surface area (Å²) in [6.07, 6.45) is 5.90. The van der Waals surface area contributed by atoms with Crippen molar-refractivity contribution in [3.8, 4) is 11.5 Å². The van der Waals surface area contributed by atoms with Crippen molar-refractivity contribution in [3.05, 3.63) is 71.7 Å². The minimum Gasteiger partial charge on any atom is -0.497 e. The molecule has 0 radical (unpaired) electrons. The third-order valence-corrected chi connectivity index (χ3v) is 6.90. The number of benzene rings is 2. The third kappa shape index (κ3) is 3.72.